The fourth-order valence-corrected chi connectivity index (χ4v) is 3.24. The van der Waals surface area contributed by atoms with Crippen LogP contribution in [0.4, 0.5) is 5.69 Å². The highest BCUT2D eigenvalue weighted by Gasteiger charge is 2.26. The minimum atomic E-state index is -0.275. The molecule has 0 bridgehead atoms. The smallest absolute Gasteiger partial charge is 0.253 e. The number of rotatable bonds is 6. The van der Waals surface area contributed by atoms with Gasteiger partial charge < -0.3 is 19.7 Å². The van der Waals surface area contributed by atoms with E-state index in [0.717, 1.165) is 12.0 Å². The lowest BCUT2D eigenvalue weighted by atomic mass is 10.1. The minimum Gasteiger partial charge on any atom is -0.497 e. The first-order chi connectivity index (χ1) is 13.0. The summed E-state index contributed by atoms with van der Waals surface area (Å²) in [5.41, 5.74) is 1.81. The molecule has 27 heavy (non-hydrogen) atoms. The normalized spacial score (nSPS) is 13.6. The number of carbonyl (C=O) groups is 2. The molecular formula is C20H21ClN2O4. The van der Waals surface area contributed by atoms with Gasteiger partial charge in [0.1, 0.15) is 11.5 Å². The first-order valence-electron chi connectivity index (χ1n) is 8.62. The quantitative estimate of drug-likeness (QED) is 0.823. The van der Waals surface area contributed by atoms with E-state index in [0.29, 0.717) is 47.3 Å². The standard InChI is InChI=1S/C20H21ClN2O4/c1-26-15-8-13(9-16(11-15)27-2)12-22-20(25)17-6-5-14(21)10-18(17)23-7-3-4-19(23)24/h5-6,8-11H,3-4,7,12H2,1-2H3,(H,22,25). The number of hydrogen-bond donors (Lipinski definition) is 1. The lowest BCUT2D eigenvalue weighted by molar-refractivity contribution is -0.117. The Bertz CT molecular complexity index is 847. The number of nitrogens with zero attached hydrogens (tertiary/aromatic N) is 1. The summed E-state index contributed by atoms with van der Waals surface area (Å²) >= 11 is 6.09. The number of methoxy groups -OCH3 is 2. The number of amides is 2. The van der Waals surface area contributed by atoms with Crippen LogP contribution in [0.2, 0.25) is 5.02 Å². The zero-order valence-electron chi connectivity index (χ0n) is 15.3. The van der Waals surface area contributed by atoms with Gasteiger partial charge in [0, 0.05) is 30.6 Å². The highest BCUT2D eigenvalue weighted by molar-refractivity contribution is 6.31. The number of benzene rings is 2. The molecule has 0 spiro atoms. The fraction of sp³-hybridized carbons (Fsp3) is 0.300. The Morgan fingerprint density at radius 3 is 2.44 bits per heavy atom. The number of halogens is 1. The number of anilines is 1. The molecule has 7 heteroatoms. The van der Waals surface area contributed by atoms with Gasteiger partial charge in [0.15, 0.2) is 0 Å². The zero-order chi connectivity index (χ0) is 19.4. The summed E-state index contributed by atoms with van der Waals surface area (Å²) in [4.78, 5) is 26.5. The predicted molar refractivity (Wildman–Crippen MR) is 104 cm³/mol. The number of carbonyl (C=O) groups excluding carboxylic acids is 2. The Morgan fingerprint density at radius 1 is 1.15 bits per heavy atom. The largest absolute Gasteiger partial charge is 0.497 e. The van der Waals surface area contributed by atoms with E-state index in [1.165, 1.54) is 0 Å². The van der Waals surface area contributed by atoms with Crippen molar-refractivity contribution in [2.75, 3.05) is 25.7 Å². The Balaban J connectivity index is 1.80. The van der Waals surface area contributed by atoms with Crippen LogP contribution in [0.1, 0.15) is 28.8 Å². The lowest BCUT2D eigenvalue weighted by Gasteiger charge is -2.20. The lowest BCUT2D eigenvalue weighted by Crippen LogP contribution is -2.29. The van der Waals surface area contributed by atoms with Gasteiger partial charge in [-0.3, -0.25) is 9.59 Å². The van der Waals surface area contributed by atoms with Crippen LogP contribution in [0.15, 0.2) is 36.4 Å². The Kier molecular flexibility index (Phi) is 5.86. The highest BCUT2D eigenvalue weighted by Crippen LogP contribution is 2.29. The highest BCUT2D eigenvalue weighted by atomic mass is 35.5. The van der Waals surface area contributed by atoms with Crippen LogP contribution in [0.5, 0.6) is 11.5 Å². The van der Waals surface area contributed by atoms with Gasteiger partial charge in [0.05, 0.1) is 25.5 Å². The van der Waals surface area contributed by atoms with Crippen molar-refractivity contribution in [2.45, 2.75) is 19.4 Å². The third kappa shape index (κ3) is 4.34. The van der Waals surface area contributed by atoms with Crippen molar-refractivity contribution in [2.24, 2.45) is 0 Å². The molecule has 0 aromatic heterocycles. The van der Waals surface area contributed by atoms with E-state index in [-0.39, 0.29) is 11.8 Å². The van der Waals surface area contributed by atoms with E-state index in [1.807, 2.05) is 12.1 Å². The molecule has 0 atom stereocenters. The van der Waals surface area contributed by atoms with E-state index >= 15 is 0 Å². The van der Waals surface area contributed by atoms with Gasteiger partial charge in [-0.15, -0.1) is 0 Å². The van der Waals surface area contributed by atoms with Gasteiger partial charge in [-0.25, -0.2) is 0 Å². The molecule has 0 saturated carbocycles. The molecule has 2 aromatic carbocycles. The van der Waals surface area contributed by atoms with E-state index in [1.54, 1.807) is 43.4 Å². The van der Waals surface area contributed by atoms with Crippen molar-refractivity contribution >= 4 is 29.1 Å². The number of hydrogen-bond acceptors (Lipinski definition) is 4. The fourth-order valence-electron chi connectivity index (χ4n) is 3.07. The summed E-state index contributed by atoms with van der Waals surface area (Å²) in [6, 6.07) is 10.4. The number of nitrogens with one attached hydrogen (secondary N) is 1. The summed E-state index contributed by atoms with van der Waals surface area (Å²) < 4.78 is 10.5. The minimum absolute atomic E-state index is 0.00356. The van der Waals surface area contributed by atoms with Crippen LogP contribution in [0, 0.1) is 0 Å². The van der Waals surface area contributed by atoms with Crippen LogP contribution < -0.4 is 19.7 Å². The van der Waals surface area contributed by atoms with Gasteiger partial charge in [-0.1, -0.05) is 11.6 Å². The van der Waals surface area contributed by atoms with Gasteiger partial charge >= 0.3 is 0 Å². The maximum atomic E-state index is 12.8. The van der Waals surface area contributed by atoms with Crippen molar-refractivity contribution in [3.05, 3.63) is 52.5 Å². The Labute approximate surface area is 163 Å². The third-order valence-electron chi connectivity index (χ3n) is 4.43. The summed E-state index contributed by atoms with van der Waals surface area (Å²) in [5, 5.41) is 3.37. The van der Waals surface area contributed by atoms with Crippen LogP contribution in [-0.4, -0.2) is 32.6 Å². The first kappa shape index (κ1) is 19.0. The van der Waals surface area contributed by atoms with Gasteiger partial charge in [-0.05, 0) is 42.3 Å². The molecule has 2 amide bonds. The second-order valence-electron chi connectivity index (χ2n) is 6.21. The summed E-state index contributed by atoms with van der Waals surface area (Å²) in [6.45, 7) is 0.884. The van der Waals surface area contributed by atoms with E-state index in [4.69, 9.17) is 21.1 Å². The molecule has 0 aliphatic carbocycles. The third-order valence-corrected chi connectivity index (χ3v) is 4.67. The molecule has 1 saturated heterocycles. The van der Waals surface area contributed by atoms with Crippen molar-refractivity contribution in [3.63, 3.8) is 0 Å². The second kappa shape index (κ2) is 8.31. The predicted octanol–water partition coefficient (Wildman–Crippen LogP) is 3.41. The molecule has 2 aromatic rings. The summed E-state index contributed by atoms with van der Waals surface area (Å²) in [6.07, 6.45) is 1.26. The van der Waals surface area contributed by atoms with Gasteiger partial charge in [-0.2, -0.15) is 0 Å². The average molecular weight is 389 g/mol. The maximum absolute atomic E-state index is 12.8. The molecule has 142 valence electrons. The van der Waals surface area contributed by atoms with E-state index in [2.05, 4.69) is 5.32 Å². The van der Waals surface area contributed by atoms with Gasteiger partial charge in [0.2, 0.25) is 5.91 Å². The molecule has 0 unspecified atom stereocenters. The van der Waals surface area contributed by atoms with Crippen molar-refractivity contribution in [1.29, 1.82) is 0 Å². The molecule has 1 aliphatic heterocycles. The first-order valence-corrected chi connectivity index (χ1v) is 8.99. The van der Waals surface area contributed by atoms with E-state index in [9.17, 15) is 9.59 Å². The Hall–Kier alpha value is -2.73. The Morgan fingerprint density at radius 2 is 1.85 bits per heavy atom. The topological polar surface area (TPSA) is 67.9 Å². The van der Waals surface area contributed by atoms with E-state index < -0.39 is 0 Å². The van der Waals surface area contributed by atoms with Crippen molar-refractivity contribution in [3.8, 4) is 11.5 Å². The summed E-state index contributed by atoms with van der Waals surface area (Å²) in [5.74, 6) is 1.02. The van der Waals surface area contributed by atoms with Crippen molar-refractivity contribution in [1.82, 2.24) is 5.32 Å². The average Bonchev–Trinajstić information content (AvgIpc) is 3.11. The molecule has 1 aliphatic rings. The van der Waals surface area contributed by atoms with Crippen molar-refractivity contribution < 1.29 is 19.1 Å². The second-order valence-corrected chi connectivity index (χ2v) is 6.65. The molecule has 6 nitrogen and oxygen atoms in total. The maximum Gasteiger partial charge on any atom is 0.253 e. The molecule has 1 heterocycles. The van der Waals surface area contributed by atoms with Gasteiger partial charge in [0.25, 0.3) is 5.91 Å². The molecule has 1 N–H and O–H groups in total. The van der Waals surface area contributed by atoms with Crippen LogP contribution in [-0.2, 0) is 11.3 Å². The molecule has 1 fully saturated rings. The van der Waals surface area contributed by atoms with Crippen LogP contribution in [0.3, 0.4) is 0 Å². The molecule has 0 radical (unpaired) electrons. The molecule has 3 rings (SSSR count). The summed E-state index contributed by atoms with van der Waals surface area (Å²) in [7, 11) is 3.15. The monoisotopic (exact) mass is 388 g/mol. The molecular weight excluding hydrogens is 368 g/mol. The van der Waals surface area contributed by atoms with Crippen LogP contribution >= 0.6 is 11.6 Å². The number of ether oxygens (including phenoxy) is 2. The zero-order valence-corrected chi connectivity index (χ0v) is 16.0. The SMILES string of the molecule is COc1cc(CNC(=O)c2ccc(Cl)cc2N2CCCC2=O)cc(OC)c1. The van der Waals surface area contributed by atoms with Crippen LogP contribution in [0.25, 0.3) is 0 Å².